The molecule has 0 radical (unpaired) electrons. The number of carbonyl (C=O) groups excluding carboxylic acids is 1. The minimum absolute atomic E-state index is 0.288. The maximum absolute atomic E-state index is 11.4. The molecule has 0 heterocycles. The van der Waals surface area contributed by atoms with Crippen molar-refractivity contribution in [2.75, 3.05) is 13.7 Å². The molecular weight excluding hydrogens is 288 g/mol. The number of rotatable bonds is 5. The van der Waals surface area contributed by atoms with Gasteiger partial charge in [0.15, 0.2) is 0 Å². The smallest absolute Gasteiger partial charge is 0.322 e. The molecule has 0 aliphatic carbocycles. The van der Waals surface area contributed by atoms with Crippen LogP contribution in [0.25, 0.3) is 0 Å². The number of ether oxygens (including phenoxy) is 2. The number of halogens is 1. The number of methoxy groups -OCH3 is 1. The van der Waals surface area contributed by atoms with Crippen molar-refractivity contribution in [3.63, 3.8) is 0 Å². The molecule has 0 saturated carbocycles. The molecule has 2 atom stereocenters. The van der Waals surface area contributed by atoms with Gasteiger partial charge in [-0.3, -0.25) is 4.79 Å². The summed E-state index contributed by atoms with van der Waals surface area (Å²) >= 11 is 3.13. The van der Waals surface area contributed by atoms with Crippen molar-refractivity contribution in [3.05, 3.63) is 29.8 Å². The van der Waals surface area contributed by atoms with Crippen LogP contribution in [0.5, 0.6) is 5.75 Å². The Labute approximate surface area is 109 Å². The molecule has 0 aliphatic rings. The van der Waals surface area contributed by atoms with Gasteiger partial charge in [-0.2, -0.15) is 0 Å². The minimum Gasteiger partial charge on any atom is -0.497 e. The van der Waals surface area contributed by atoms with Crippen LogP contribution in [-0.4, -0.2) is 29.6 Å². The topological polar surface area (TPSA) is 55.8 Å². The highest BCUT2D eigenvalue weighted by Gasteiger charge is 2.26. The largest absolute Gasteiger partial charge is 0.497 e. The normalized spacial score (nSPS) is 13.9. The Balaban J connectivity index is 2.73. The van der Waals surface area contributed by atoms with E-state index in [9.17, 15) is 9.90 Å². The lowest BCUT2D eigenvalue weighted by molar-refractivity contribution is -0.144. The summed E-state index contributed by atoms with van der Waals surface area (Å²) < 4.78 is 9.83. The second kappa shape index (κ2) is 6.61. The average Bonchev–Trinajstić information content (AvgIpc) is 2.37. The maximum atomic E-state index is 11.4. The molecule has 1 N–H and O–H groups in total. The zero-order chi connectivity index (χ0) is 12.8. The molecule has 0 bridgehead atoms. The molecule has 1 aromatic carbocycles. The third-order valence-corrected chi connectivity index (χ3v) is 3.12. The zero-order valence-electron chi connectivity index (χ0n) is 9.72. The summed E-state index contributed by atoms with van der Waals surface area (Å²) in [5.74, 6) is 0.221. The van der Waals surface area contributed by atoms with Crippen LogP contribution in [0.15, 0.2) is 24.3 Å². The van der Waals surface area contributed by atoms with Crippen molar-refractivity contribution in [3.8, 4) is 5.75 Å². The van der Waals surface area contributed by atoms with Gasteiger partial charge in [-0.05, 0) is 24.6 Å². The highest BCUT2D eigenvalue weighted by Crippen LogP contribution is 2.25. The molecular formula is C12H15BrO4. The molecule has 4 nitrogen and oxygen atoms in total. The van der Waals surface area contributed by atoms with E-state index in [0.717, 1.165) is 0 Å². The lowest BCUT2D eigenvalue weighted by atomic mass is 10.1. The first-order chi connectivity index (χ1) is 8.10. The van der Waals surface area contributed by atoms with Crippen LogP contribution in [0.1, 0.15) is 18.6 Å². The van der Waals surface area contributed by atoms with Crippen molar-refractivity contribution in [1.29, 1.82) is 0 Å². The van der Waals surface area contributed by atoms with Gasteiger partial charge in [0.1, 0.15) is 16.7 Å². The van der Waals surface area contributed by atoms with E-state index in [-0.39, 0.29) is 6.61 Å². The van der Waals surface area contributed by atoms with Crippen LogP contribution < -0.4 is 4.74 Å². The first-order valence-corrected chi connectivity index (χ1v) is 6.14. The van der Waals surface area contributed by atoms with E-state index < -0.39 is 16.9 Å². The average molecular weight is 303 g/mol. The molecule has 1 rings (SSSR count). The number of hydrogen-bond acceptors (Lipinski definition) is 4. The van der Waals surface area contributed by atoms with Crippen LogP contribution in [0.4, 0.5) is 0 Å². The second-order valence-electron chi connectivity index (χ2n) is 3.37. The van der Waals surface area contributed by atoms with Crippen LogP contribution >= 0.6 is 15.9 Å². The Bertz CT molecular complexity index is 363. The van der Waals surface area contributed by atoms with Crippen LogP contribution in [0.3, 0.4) is 0 Å². The molecule has 0 fully saturated rings. The highest BCUT2D eigenvalue weighted by atomic mass is 79.9. The number of carbonyl (C=O) groups is 1. The summed E-state index contributed by atoms with van der Waals surface area (Å²) in [7, 11) is 1.57. The van der Waals surface area contributed by atoms with Gasteiger partial charge in [0.2, 0.25) is 0 Å². The van der Waals surface area contributed by atoms with E-state index in [1.54, 1.807) is 38.3 Å². The monoisotopic (exact) mass is 302 g/mol. The quantitative estimate of drug-likeness (QED) is 0.668. The van der Waals surface area contributed by atoms with Crippen molar-refractivity contribution in [2.24, 2.45) is 0 Å². The molecule has 0 spiro atoms. The molecule has 0 amide bonds. The Morgan fingerprint density at radius 3 is 2.47 bits per heavy atom. The van der Waals surface area contributed by atoms with E-state index in [4.69, 9.17) is 9.47 Å². The number of benzene rings is 1. The van der Waals surface area contributed by atoms with Gasteiger partial charge >= 0.3 is 5.97 Å². The lowest BCUT2D eigenvalue weighted by Crippen LogP contribution is -2.24. The number of aliphatic hydroxyl groups excluding tert-OH is 1. The Hall–Kier alpha value is -1.07. The standard InChI is InChI=1S/C12H15BrO4/c1-3-17-12(15)10(13)11(14)8-4-6-9(16-2)7-5-8/h4-7,10-11,14H,3H2,1-2H3. The van der Waals surface area contributed by atoms with Crippen LogP contribution in [-0.2, 0) is 9.53 Å². The third-order valence-electron chi connectivity index (χ3n) is 2.25. The fraction of sp³-hybridized carbons (Fsp3) is 0.417. The predicted octanol–water partition coefficient (Wildman–Crippen LogP) is 2.06. The summed E-state index contributed by atoms with van der Waals surface area (Å²) in [6.45, 7) is 2.01. The summed E-state index contributed by atoms with van der Waals surface area (Å²) in [6.07, 6.45) is -0.944. The van der Waals surface area contributed by atoms with Crippen LogP contribution in [0.2, 0.25) is 0 Å². The van der Waals surface area contributed by atoms with Crippen molar-refractivity contribution in [1.82, 2.24) is 0 Å². The summed E-state index contributed by atoms with van der Waals surface area (Å²) in [6, 6.07) is 6.86. The van der Waals surface area contributed by atoms with Gasteiger partial charge in [-0.1, -0.05) is 28.1 Å². The molecule has 94 valence electrons. The molecule has 1 aromatic rings. The van der Waals surface area contributed by atoms with Gasteiger partial charge in [0, 0.05) is 0 Å². The van der Waals surface area contributed by atoms with Crippen molar-refractivity contribution >= 4 is 21.9 Å². The van der Waals surface area contributed by atoms with E-state index in [2.05, 4.69) is 15.9 Å². The van der Waals surface area contributed by atoms with Gasteiger partial charge < -0.3 is 14.6 Å². The van der Waals surface area contributed by atoms with Gasteiger partial charge in [0.25, 0.3) is 0 Å². The van der Waals surface area contributed by atoms with E-state index in [1.165, 1.54) is 0 Å². The molecule has 0 aromatic heterocycles. The number of hydrogen-bond donors (Lipinski definition) is 1. The molecule has 2 unspecified atom stereocenters. The van der Waals surface area contributed by atoms with E-state index >= 15 is 0 Å². The molecule has 17 heavy (non-hydrogen) atoms. The maximum Gasteiger partial charge on any atom is 0.322 e. The number of esters is 1. The molecule has 5 heteroatoms. The summed E-state index contributed by atoms with van der Waals surface area (Å²) in [5.41, 5.74) is 0.626. The minimum atomic E-state index is -0.944. The lowest BCUT2D eigenvalue weighted by Gasteiger charge is -2.16. The van der Waals surface area contributed by atoms with Crippen molar-refractivity contribution < 1.29 is 19.4 Å². The first-order valence-electron chi connectivity index (χ1n) is 5.22. The first kappa shape index (κ1) is 14.0. The molecule has 0 saturated heterocycles. The highest BCUT2D eigenvalue weighted by molar-refractivity contribution is 9.10. The Kier molecular flexibility index (Phi) is 5.44. The second-order valence-corrected chi connectivity index (χ2v) is 4.36. The van der Waals surface area contributed by atoms with Gasteiger partial charge in [0.05, 0.1) is 13.7 Å². The fourth-order valence-corrected chi connectivity index (χ4v) is 1.76. The van der Waals surface area contributed by atoms with Crippen LogP contribution in [0, 0.1) is 0 Å². The number of alkyl halides is 1. The van der Waals surface area contributed by atoms with E-state index in [0.29, 0.717) is 11.3 Å². The summed E-state index contributed by atoms with van der Waals surface area (Å²) in [5, 5.41) is 9.96. The SMILES string of the molecule is CCOC(=O)C(Br)C(O)c1ccc(OC)cc1. The molecule has 0 aliphatic heterocycles. The fourth-order valence-electron chi connectivity index (χ4n) is 1.32. The number of aliphatic hydroxyl groups is 1. The Morgan fingerprint density at radius 1 is 1.41 bits per heavy atom. The zero-order valence-corrected chi connectivity index (χ0v) is 11.3. The summed E-state index contributed by atoms with van der Waals surface area (Å²) in [4.78, 5) is 10.7. The van der Waals surface area contributed by atoms with Gasteiger partial charge in [-0.15, -0.1) is 0 Å². The van der Waals surface area contributed by atoms with E-state index in [1.807, 2.05) is 0 Å². The Morgan fingerprint density at radius 2 is 2.00 bits per heavy atom. The third kappa shape index (κ3) is 3.71. The van der Waals surface area contributed by atoms with Crippen molar-refractivity contribution in [2.45, 2.75) is 17.9 Å². The van der Waals surface area contributed by atoms with Gasteiger partial charge in [-0.25, -0.2) is 0 Å². The predicted molar refractivity (Wildman–Crippen MR) is 67.3 cm³/mol.